The van der Waals surface area contributed by atoms with Gasteiger partial charge in [-0.2, -0.15) is 0 Å². The van der Waals surface area contributed by atoms with Gasteiger partial charge >= 0.3 is 0 Å². The van der Waals surface area contributed by atoms with Crippen LogP contribution in [0.3, 0.4) is 0 Å². The van der Waals surface area contributed by atoms with Crippen molar-refractivity contribution in [2.75, 3.05) is 5.32 Å². The number of aryl methyl sites for hydroxylation is 1. The first-order chi connectivity index (χ1) is 30.0. The van der Waals surface area contributed by atoms with Gasteiger partial charge in [0.2, 0.25) is 0 Å². The van der Waals surface area contributed by atoms with Gasteiger partial charge in [-0.1, -0.05) is 147 Å². The van der Waals surface area contributed by atoms with Crippen LogP contribution >= 0.6 is 0 Å². The van der Waals surface area contributed by atoms with Crippen molar-refractivity contribution in [1.29, 1.82) is 0 Å². The minimum atomic E-state index is -0.113. The third-order valence-electron chi connectivity index (χ3n) is 14.6. The molecule has 0 radical (unpaired) electrons. The summed E-state index contributed by atoms with van der Waals surface area (Å²) < 4.78 is 4.90. The highest BCUT2D eigenvalue weighted by Crippen LogP contribution is 2.54. The monoisotopic (exact) mass is 786 g/mol. The van der Waals surface area contributed by atoms with Crippen LogP contribution in [0.2, 0.25) is 0 Å². The summed E-state index contributed by atoms with van der Waals surface area (Å²) in [7, 11) is 0. The quantitative estimate of drug-likeness (QED) is 0.189. The van der Waals surface area contributed by atoms with Crippen molar-refractivity contribution in [3.8, 4) is 5.69 Å². The smallest absolute Gasteiger partial charge is 0.126 e. The molecular weight excluding hydrogens is 741 g/mol. The number of aromatic nitrogens is 2. The minimum absolute atomic E-state index is 0.0264. The first kappa shape index (κ1) is 34.9. The average Bonchev–Trinajstić information content (AvgIpc) is 3.91. The number of allylic oxidation sites excluding steroid dienone is 8. The number of nitrogens with zero attached hydrogens (tertiary/aromatic N) is 3. The second-order valence-electron chi connectivity index (χ2n) is 18.2. The highest BCUT2D eigenvalue weighted by atomic mass is 15.1. The summed E-state index contributed by atoms with van der Waals surface area (Å²) in [4.78, 5) is 5.75. The van der Waals surface area contributed by atoms with Gasteiger partial charge in [-0.15, -0.1) is 0 Å². The van der Waals surface area contributed by atoms with Crippen molar-refractivity contribution in [3.05, 3.63) is 203 Å². The van der Waals surface area contributed by atoms with Crippen LogP contribution in [0.4, 0.5) is 5.69 Å². The van der Waals surface area contributed by atoms with E-state index >= 15 is 0 Å². The zero-order chi connectivity index (χ0) is 40.4. The van der Waals surface area contributed by atoms with E-state index in [1.807, 2.05) is 0 Å². The molecule has 1 aliphatic heterocycles. The third kappa shape index (κ3) is 5.08. The predicted molar refractivity (Wildman–Crippen MR) is 256 cm³/mol. The van der Waals surface area contributed by atoms with E-state index in [2.05, 4.69) is 198 Å². The van der Waals surface area contributed by atoms with Crippen molar-refractivity contribution < 1.29 is 0 Å². The van der Waals surface area contributed by atoms with Crippen LogP contribution in [-0.4, -0.2) is 21.0 Å². The standard InChI is InChI=1S/C57H46N4/c1-57(2)48-22-9-5-18-41(48)46-33-36(27-30-49(46)57)54-45-29-26-35-14-3-4-17-40(35)55(45)59-56(58-54)37-15-13-16-38(32-37)60-52-25-12-8-21-44(52)47-34-39(28-31-53(47)60)61-50-23-10-6-19-42(50)43-20-7-11-24-51(43)61/h4-13,16-32,34,37,46,56,59H,3,14-15,33H2,1-2H3. The molecule has 0 saturated carbocycles. The first-order valence-corrected chi connectivity index (χ1v) is 22.1. The molecule has 3 atom stereocenters. The van der Waals surface area contributed by atoms with Gasteiger partial charge in [0.1, 0.15) is 6.17 Å². The molecule has 3 heterocycles. The Kier molecular flexibility index (Phi) is 7.46. The lowest BCUT2D eigenvalue weighted by Gasteiger charge is -2.35. The Balaban J connectivity index is 0.932. The lowest BCUT2D eigenvalue weighted by atomic mass is 9.76. The Bertz CT molecular complexity index is 3340. The lowest BCUT2D eigenvalue weighted by molar-refractivity contribution is 0.548. The largest absolute Gasteiger partial charge is 0.362 e. The fraction of sp³-hybridized carbons (Fsp3) is 0.175. The number of fused-ring (bicyclic) bond motifs is 12. The SMILES string of the molecule is CC1(C)C2=CC=C(C3=NC(C4C=C(n5c6ccccc6c6cc(-n7c8ccccc8c8ccccc87)ccc65)C=CC4)Nc4c3ccc3c4C=CCC3)CC2c2ccccc21. The minimum Gasteiger partial charge on any atom is -0.362 e. The Hall–Kier alpha value is -6.91. The Morgan fingerprint density at radius 1 is 0.672 bits per heavy atom. The molecular formula is C57H46N4. The van der Waals surface area contributed by atoms with E-state index in [9.17, 15) is 0 Å². The molecule has 1 N–H and O–H groups in total. The molecule has 0 saturated heterocycles. The summed E-state index contributed by atoms with van der Waals surface area (Å²) in [5.41, 5.74) is 19.4. The van der Waals surface area contributed by atoms with Crippen molar-refractivity contribution in [2.24, 2.45) is 10.9 Å². The third-order valence-corrected chi connectivity index (χ3v) is 14.6. The Labute approximate surface area is 356 Å². The van der Waals surface area contributed by atoms with E-state index in [0.29, 0.717) is 5.92 Å². The van der Waals surface area contributed by atoms with E-state index in [0.717, 1.165) is 31.4 Å². The maximum atomic E-state index is 5.75. The van der Waals surface area contributed by atoms with Crippen LogP contribution in [0.1, 0.15) is 66.8 Å². The second-order valence-corrected chi connectivity index (χ2v) is 18.2. The van der Waals surface area contributed by atoms with Gasteiger partial charge in [0, 0.05) is 61.3 Å². The molecule has 0 fully saturated rings. The lowest BCUT2D eigenvalue weighted by Crippen LogP contribution is -2.34. The van der Waals surface area contributed by atoms with E-state index in [1.165, 1.54) is 99.6 Å². The zero-order valence-corrected chi connectivity index (χ0v) is 34.6. The van der Waals surface area contributed by atoms with E-state index in [-0.39, 0.29) is 17.5 Å². The van der Waals surface area contributed by atoms with Crippen molar-refractivity contribution >= 4 is 66.8 Å². The molecule has 294 valence electrons. The van der Waals surface area contributed by atoms with Gasteiger partial charge in [0.25, 0.3) is 0 Å². The molecule has 0 amide bonds. The van der Waals surface area contributed by atoms with Gasteiger partial charge in [0.05, 0.1) is 33.5 Å². The summed E-state index contributed by atoms with van der Waals surface area (Å²) in [6, 6.07) is 47.3. The molecule has 4 aliphatic carbocycles. The van der Waals surface area contributed by atoms with E-state index in [4.69, 9.17) is 4.99 Å². The predicted octanol–water partition coefficient (Wildman–Crippen LogP) is 13.8. The first-order valence-electron chi connectivity index (χ1n) is 22.1. The number of hydrogen-bond acceptors (Lipinski definition) is 2. The normalized spacial score (nSPS) is 21.0. The molecule has 0 bridgehead atoms. The highest BCUT2D eigenvalue weighted by molar-refractivity contribution is 6.18. The van der Waals surface area contributed by atoms with Crippen molar-refractivity contribution in [1.82, 2.24) is 9.13 Å². The van der Waals surface area contributed by atoms with Gasteiger partial charge in [-0.3, -0.25) is 4.99 Å². The van der Waals surface area contributed by atoms with Crippen LogP contribution in [-0.2, 0) is 11.8 Å². The molecule has 3 unspecified atom stereocenters. The number of aliphatic imine (C=N–C) groups is 1. The number of benzene rings is 6. The van der Waals surface area contributed by atoms with Gasteiger partial charge < -0.3 is 14.5 Å². The Morgan fingerprint density at radius 3 is 2.18 bits per heavy atom. The summed E-state index contributed by atoms with van der Waals surface area (Å²) in [5, 5.41) is 9.12. The summed E-state index contributed by atoms with van der Waals surface area (Å²) in [6.45, 7) is 4.79. The number of rotatable bonds is 4. The Morgan fingerprint density at radius 2 is 1.38 bits per heavy atom. The van der Waals surface area contributed by atoms with Crippen LogP contribution in [0.5, 0.6) is 0 Å². The topological polar surface area (TPSA) is 34.2 Å². The zero-order valence-electron chi connectivity index (χ0n) is 34.6. The molecule has 13 rings (SSSR count). The van der Waals surface area contributed by atoms with Crippen LogP contribution in [0.15, 0.2) is 180 Å². The fourth-order valence-corrected chi connectivity index (χ4v) is 11.7. The maximum Gasteiger partial charge on any atom is 0.126 e. The molecule has 0 spiro atoms. The maximum absolute atomic E-state index is 5.75. The molecule has 4 nitrogen and oxygen atoms in total. The summed E-state index contributed by atoms with van der Waals surface area (Å²) in [5.74, 6) is 0.527. The number of anilines is 1. The number of nitrogens with one attached hydrogen (secondary N) is 1. The summed E-state index contributed by atoms with van der Waals surface area (Å²) in [6.07, 6.45) is 20.6. The molecule has 4 heteroatoms. The fourth-order valence-electron chi connectivity index (χ4n) is 11.7. The second kappa shape index (κ2) is 13.0. The van der Waals surface area contributed by atoms with Crippen molar-refractivity contribution in [3.63, 3.8) is 0 Å². The average molecular weight is 787 g/mol. The van der Waals surface area contributed by atoms with Crippen molar-refractivity contribution in [2.45, 2.75) is 57.0 Å². The van der Waals surface area contributed by atoms with Crippen LogP contribution in [0.25, 0.3) is 61.1 Å². The molecule has 8 aromatic rings. The van der Waals surface area contributed by atoms with Crippen LogP contribution in [0, 0.1) is 5.92 Å². The van der Waals surface area contributed by atoms with Gasteiger partial charge in [-0.05, 0) is 90.4 Å². The highest BCUT2D eigenvalue weighted by Gasteiger charge is 2.43. The van der Waals surface area contributed by atoms with Gasteiger partial charge in [-0.25, -0.2) is 0 Å². The molecule has 61 heavy (non-hydrogen) atoms. The van der Waals surface area contributed by atoms with E-state index in [1.54, 1.807) is 0 Å². The van der Waals surface area contributed by atoms with Crippen LogP contribution < -0.4 is 5.32 Å². The molecule has 2 aromatic heterocycles. The number of para-hydroxylation sites is 3. The van der Waals surface area contributed by atoms with E-state index < -0.39 is 0 Å². The summed E-state index contributed by atoms with van der Waals surface area (Å²) >= 11 is 0. The molecule has 6 aromatic carbocycles. The number of hydrogen-bond donors (Lipinski definition) is 1. The molecule has 5 aliphatic rings. The van der Waals surface area contributed by atoms with Gasteiger partial charge in [0.15, 0.2) is 0 Å².